The Morgan fingerprint density at radius 1 is 0.667 bits per heavy atom. The van der Waals surface area contributed by atoms with E-state index in [1.165, 1.54) is 0 Å². The topological polar surface area (TPSA) is 0 Å². The van der Waals surface area contributed by atoms with Gasteiger partial charge in [0.1, 0.15) is 0 Å². The van der Waals surface area contributed by atoms with Crippen molar-refractivity contribution in [1.29, 1.82) is 0 Å². The van der Waals surface area contributed by atoms with Gasteiger partial charge in [-0.15, -0.1) is 61.2 Å². The van der Waals surface area contributed by atoms with Gasteiger partial charge in [-0.25, -0.2) is 0 Å². The molecule has 0 heterocycles. The van der Waals surface area contributed by atoms with Crippen LogP contribution in [-0.2, 0) is 0 Å². The molecule has 0 saturated carbocycles. The summed E-state index contributed by atoms with van der Waals surface area (Å²) in [4.78, 5) is 0. The van der Waals surface area contributed by atoms with Crippen LogP contribution >= 0.6 is 61.2 Å². The first kappa shape index (κ1) is 50.8. The second kappa shape index (κ2) is 36.1. The SMILES string of the molecule is Cl.Cl.Cl.I.[Ce].[NaH]. The van der Waals surface area contributed by atoms with Crippen LogP contribution in [0.15, 0.2) is 0 Å². The van der Waals surface area contributed by atoms with Crippen LogP contribution in [-0.4, -0.2) is 29.6 Å². The second-order valence-corrected chi connectivity index (χ2v) is 0. The van der Waals surface area contributed by atoms with Gasteiger partial charge in [-0.05, 0) is 0 Å². The van der Waals surface area contributed by atoms with Crippen molar-refractivity contribution in [1.82, 2.24) is 0 Å². The molecule has 0 rings (SSSR count). The van der Waals surface area contributed by atoms with Gasteiger partial charge in [0.2, 0.25) is 0 Å². The van der Waals surface area contributed by atoms with Gasteiger partial charge < -0.3 is 0 Å². The summed E-state index contributed by atoms with van der Waals surface area (Å²) in [5.41, 5.74) is 0. The van der Waals surface area contributed by atoms with Gasteiger partial charge in [0.15, 0.2) is 0 Å². The Labute approximate surface area is 129 Å². The predicted molar refractivity (Wildman–Crippen MR) is 44.3 cm³/mol. The van der Waals surface area contributed by atoms with Gasteiger partial charge >= 0.3 is 29.6 Å². The molecule has 0 bridgehead atoms. The maximum atomic E-state index is 0. The molecule has 0 unspecified atom stereocenters. The summed E-state index contributed by atoms with van der Waals surface area (Å²) in [6.07, 6.45) is 0. The van der Waals surface area contributed by atoms with Gasteiger partial charge in [0, 0.05) is 41.7 Å². The van der Waals surface area contributed by atoms with E-state index < -0.39 is 0 Å². The van der Waals surface area contributed by atoms with Crippen molar-refractivity contribution in [2.45, 2.75) is 0 Å². The van der Waals surface area contributed by atoms with Crippen LogP contribution in [0.25, 0.3) is 0 Å². The Morgan fingerprint density at radius 2 is 0.667 bits per heavy atom. The molecule has 0 aliphatic rings. The molecule has 0 aliphatic heterocycles. The maximum absolute atomic E-state index is 0. The summed E-state index contributed by atoms with van der Waals surface area (Å²) >= 11 is 0. The van der Waals surface area contributed by atoms with Gasteiger partial charge in [-0.3, -0.25) is 0 Å². The number of halogens is 4. The van der Waals surface area contributed by atoms with E-state index in [1.54, 1.807) is 0 Å². The molecule has 0 aromatic carbocycles. The number of hydrogen-bond donors (Lipinski definition) is 0. The number of rotatable bonds is 0. The molecule has 0 radical (unpaired) electrons. The Kier molecular flexibility index (Phi) is 306. The molecule has 0 aromatic rings. The third-order valence-corrected chi connectivity index (χ3v) is 0. The molecule has 0 aromatic heterocycles. The van der Waals surface area contributed by atoms with E-state index in [0.29, 0.717) is 0 Å². The summed E-state index contributed by atoms with van der Waals surface area (Å²) in [7, 11) is 0. The van der Waals surface area contributed by atoms with Crippen LogP contribution in [0.1, 0.15) is 0 Å². The molecule has 0 fully saturated rings. The molecule has 0 atom stereocenters. The summed E-state index contributed by atoms with van der Waals surface area (Å²) < 4.78 is 0. The quantitative estimate of drug-likeness (QED) is 0.423. The van der Waals surface area contributed by atoms with Crippen LogP contribution in [0, 0.1) is 41.7 Å². The van der Waals surface area contributed by atoms with Gasteiger partial charge in [0.05, 0.1) is 0 Å². The average Bonchev–Trinajstić information content (AvgIpc) is 0. The predicted octanol–water partition coefficient (Wildman–Crippen LogP) is 1.23. The molecule has 0 nitrogen and oxygen atoms in total. The zero-order valence-corrected chi connectivity index (χ0v) is 10.1. The van der Waals surface area contributed by atoms with E-state index in [4.69, 9.17) is 0 Å². The normalized spacial score (nSPS) is 0. The third kappa shape index (κ3) is 24.6. The fourth-order valence-corrected chi connectivity index (χ4v) is 0. The monoisotopic (exact) mass is 400 g/mol. The van der Waals surface area contributed by atoms with E-state index >= 15 is 0 Å². The second-order valence-electron chi connectivity index (χ2n) is 0. The van der Waals surface area contributed by atoms with Crippen molar-refractivity contribution in [2.75, 3.05) is 0 Å². The van der Waals surface area contributed by atoms with Crippen molar-refractivity contribution in [3.63, 3.8) is 0 Å². The van der Waals surface area contributed by atoms with Crippen molar-refractivity contribution < 1.29 is 41.7 Å². The van der Waals surface area contributed by atoms with Crippen LogP contribution in [0.4, 0.5) is 0 Å². The van der Waals surface area contributed by atoms with Crippen molar-refractivity contribution in [2.24, 2.45) is 0 Å². The van der Waals surface area contributed by atoms with Gasteiger partial charge in [0.25, 0.3) is 0 Å². The minimum absolute atomic E-state index is 0. The van der Waals surface area contributed by atoms with Crippen molar-refractivity contribution in [3.8, 4) is 0 Å². The molecule has 0 N–H and O–H groups in total. The average molecular weight is 401 g/mol. The van der Waals surface area contributed by atoms with E-state index in [-0.39, 0.29) is 133 Å². The van der Waals surface area contributed by atoms with Crippen molar-refractivity contribution >= 4 is 90.8 Å². The van der Waals surface area contributed by atoms with Crippen LogP contribution in [0.3, 0.4) is 0 Å². The first-order valence-corrected chi connectivity index (χ1v) is 0. The Balaban J connectivity index is 0. The molecule has 6 heavy (non-hydrogen) atoms. The molecule has 0 spiro atoms. The summed E-state index contributed by atoms with van der Waals surface area (Å²) in [6, 6.07) is 0. The summed E-state index contributed by atoms with van der Waals surface area (Å²) in [5.74, 6) is 0. The Bertz CT molecular complexity index is 10.8. The van der Waals surface area contributed by atoms with E-state index in [2.05, 4.69) is 0 Å². The zero-order chi connectivity index (χ0) is 0. The summed E-state index contributed by atoms with van der Waals surface area (Å²) in [5, 5.41) is 0. The van der Waals surface area contributed by atoms with E-state index in [1.807, 2.05) is 0 Å². The summed E-state index contributed by atoms with van der Waals surface area (Å²) in [6.45, 7) is 0. The van der Waals surface area contributed by atoms with Crippen molar-refractivity contribution in [3.05, 3.63) is 0 Å². The fourth-order valence-electron chi connectivity index (χ4n) is 0. The van der Waals surface area contributed by atoms with Crippen LogP contribution < -0.4 is 0 Å². The Morgan fingerprint density at radius 3 is 0.667 bits per heavy atom. The molecule has 0 aliphatic carbocycles. The first-order chi connectivity index (χ1) is 0. The molecule has 6 heteroatoms. The minimum atomic E-state index is 0. The molecular formula is H5CeCl3INa. The van der Waals surface area contributed by atoms with Gasteiger partial charge in [-0.1, -0.05) is 0 Å². The Hall–Kier alpha value is 3.98. The molecular weight excluding hydrogens is 396 g/mol. The van der Waals surface area contributed by atoms with E-state index in [0.717, 1.165) is 0 Å². The van der Waals surface area contributed by atoms with Crippen LogP contribution in [0.2, 0.25) is 0 Å². The third-order valence-electron chi connectivity index (χ3n) is 0. The molecule has 0 saturated heterocycles. The molecule has 0 amide bonds. The van der Waals surface area contributed by atoms with Crippen LogP contribution in [0.5, 0.6) is 0 Å². The van der Waals surface area contributed by atoms with Gasteiger partial charge in [-0.2, -0.15) is 0 Å². The number of hydrogen-bond acceptors (Lipinski definition) is 0. The van der Waals surface area contributed by atoms with E-state index in [9.17, 15) is 0 Å². The fraction of sp³-hybridized carbons (Fsp3) is 0. The first-order valence-electron chi connectivity index (χ1n) is 0. The standard InChI is InChI=1S/Ce.3ClH.HI.Na.H/h;4*1H;;. The molecule has 38 valence electrons. The zero-order valence-electron chi connectivity index (χ0n) is 2.13.